The van der Waals surface area contributed by atoms with E-state index in [0.29, 0.717) is 5.92 Å². The van der Waals surface area contributed by atoms with Crippen molar-refractivity contribution in [1.82, 2.24) is 0 Å². The first kappa shape index (κ1) is 6.78. The van der Waals surface area contributed by atoms with Crippen molar-refractivity contribution in [3.63, 3.8) is 0 Å². The summed E-state index contributed by atoms with van der Waals surface area (Å²) in [6.07, 6.45) is 3.85. The smallest absolute Gasteiger partial charge is 0.0531 e. The van der Waals surface area contributed by atoms with Gasteiger partial charge in [0.25, 0.3) is 0 Å². The van der Waals surface area contributed by atoms with Crippen LogP contribution in [0.4, 0.5) is 0 Å². The molecule has 0 saturated heterocycles. The molecule has 1 rings (SSSR count). The molecular formula is C7H12O2. The molecule has 2 heteroatoms. The first-order valence-electron chi connectivity index (χ1n) is 3.30. The van der Waals surface area contributed by atoms with Gasteiger partial charge in [-0.3, -0.25) is 0 Å². The van der Waals surface area contributed by atoms with Gasteiger partial charge < -0.3 is 10.2 Å². The van der Waals surface area contributed by atoms with Crippen molar-refractivity contribution in [1.29, 1.82) is 0 Å². The van der Waals surface area contributed by atoms with Crippen LogP contribution in [0, 0.1) is 5.92 Å². The van der Waals surface area contributed by atoms with Crippen molar-refractivity contribution in [2.45, 2.75) is 12.8 Å². The molecule has 2 nitrogen and oxygen atoms in total. The Bertz CT molecular complexity index is 118. The van der Waals surface area contributed by atoms with Crippen LogP contribution in [-0.2, 0) is 0 Å². The van der Waals surface area contributed by atoms with Gasteiger partial charge >= 0.3 is 0 Å². The zero-order valence-electron chi connectivity index (χ0n) is 5.38. The number of hydrogen-bond acceptors (Lipinski definition) is 2. The predicted molar refractivity (Wildman–Crippen MR) is 35.0 cm³/mol. The van der Waals surface area contributed by atoms with E-state index in [2.05, 4.69) is 6.08 Å². The third-order valence-electron chi connectivity index (χ3n) is 1.60. The lowest BCUT2D eigenvalue weighted by molar-refractivity contribution is 0.275. The van der Waals surface area contributed by atoms with Crippen molar-refractivity contribution < 1.29 is 10.2 Å². The van der Waals surface area contributed by atoms with Crippen LogP contribution in [0.25, 0.3) is 0 Å². The fourth-order valence-electron chi connectivity index (χ4n) is 0.932. The molecule has 1 aliphatic rings. The van der Waals surface area contributed by atoms with Crippen LogP contribution >= 0.6 is 0 Å². The Kier molecular flexibility index (Phi) is 2.25. The largest absolute Gasteiger partial charge is 0.396 e. The molecule has 1 unspecified atom stereocenters. The standard InChI is InChI=1S/C7H12O2/c8-3-1-2-6-4-7(6)5-9/h4,7-9H,1-3,5H2. The lowest BCUT2D eigenvalue weighted by Crippen LogP contribution is -1.89. The first-order chi connectivity index (χ1) is 4.38. The van der Waals surface area contributed by atoms with Crippen molar-refractivity contribution in [2.24, 2.45) is 5.92 Å². The quantitative estimate of drug-likeness (QED) is 0.535. The topological polar surface area (TPSA) is 40.5 Å². The summed E-state index contributed by atoms with van der Waals surface area (Å²) in [5.74, 6) is 0.358. The molecule has 0 radical (unpaired) electrons. The van der Waals surface area contributed by atoms with Gasteiger partial charge in [-0.15, -0.1) is 0 Å². The Labute approximate surface area is 54.8 Å². The maximum atomic E-state index is 8.56. The Morgan fingerprint density at radius 1 is 1.44 bits per heavy atom. The number of rotatable bonds is 4. The molecule has 0 aromatic rings. The Morgan fingerprint density at radius 2 is 2.22 bits per heavy atom. The van der Waals surface area contributed by atoms with E-state index in [4.69, 9.17) is 10.2 Å². The van der Waals surface area contributed by atoms with E-state index in [0.717, 1.165) is 12.8 Å². The first-order valence-corrected chi connectivity index (χ1v) is 3.30. The highest BCUT2D eigenvalue weighted by Gasteiger charge is 2.21. The van der Waals surface area contributed by atoms with Gasteiger partial charge in [0, 0.05) is 12.5 Å². The van der Waals surface area contributed by atoms with E-state index in [1.165, 1.54) is 5.57 Å². The molecule has 0 aromatic carbocycles. The highest BCUT2D eigenvalue weighted by molar-refractivity contribution is 5.28. The summed E-state index contributed by atoms with van der Waals surface area (Å²) in [6.45, 7) is 0.510. The molecule has 0 fully saturated rings. The van der Waals surface area contributed by atoms with Crippen LogP contribution in [0.2, 0.25) is 0 Å². The van der Waals surface area contributed by atoms with Gasteiger partial charge in [-0.05, 0) is 12.8 Å². The van der Waals surface area contributed by atoms with Gasteiger partial charge in [0.1, 0.15) is 0 Å². The molecule has 0 aliphatic heterocycles. The molecular weight excluding hydrogens is 116 g/mol. The summed E-state index contributed by atoms with van der Waals surface area (Å²) in [6, 6.07) is 0. The van der Waals surface area contributed by atoms with E-state index in [9.17, 15) is 0 Å². The summed E-state index contributed by atoms with van der Waals surface area (Å²) < 4.78 is 0. The lowest BCUT2D eigenvalue weighted by Gasteiger charge is -1.92. The highest BCUT2D eigenvalue weighted by Crippen LogP contribution is 2.31. The van der Waals surface area contributed by atoms with E-state index >= 15 is 0 Å². The van der Waals surface area contributed by atoms with E-state index in [1.54, 1.807) is 0 Å². The Hall–Kier alpha value is -0.340. The summed E-state index contributed by atoms with van der Waals surface area (Å²) >= 11 is 0. The molecule has 1 aliphatic carbocycles. The molecule has 0 aromatic heterocycles. The van der Waals surface area contributed by atoms with Crippen LogP contribution in [0.15, 0.2) is 11.6 Å². The number of aliphatic hydroxyl groups excluding tert-OH is 2. The fourth-order valence-corrected chi connectivity index (χ4v) is 0.932. The van der Waals surface area contributed by atoms with Crippen LogP contribution in [0.3, 0.4) is 0 Å². The highest BCUT2D eigenvalue weighted by atomic mass is 16.3. The lowest BCUT2D eigenvalue weighted by atomic mass is 10.2. The van der Waals surface area contributed by atoms with Gasteiger partial charge in [-0.25, -0.2) is 0 Å². The molecule has 2 N–H and O–H groups in total. The maximum Gasteiger partial charge on any atom is 0.0531 e. The molecule has 1 atom stereocenters. The minimum atomic E-state index is 0.251. The molecule has 9 heavy (non-hydrogen) atoms. The van der Waals surface area contributed by atoms with Gasteiger partial charge in [0.05, 0.1) is 6.61 Å². The summed E-state index contributed by atoms with van der Waals surface area (Å²) in [4.78, 5) is 0. The molecule has 0 spiro atoms. The number of aliphatic hydroxyl groups is 2. The normalized spacial score (nSPS) is 23.8. The Morgan fingerprint density at radius 3 is 2.67 bits per heavy atom. The van der Waals surface area contributed by atoms with E-state index in [-0.39, 0.29) is 13.2 Å². The van der Waals surface area contributed by atoms with Crippen molar-refractivity contribution in [2.75, 3.05) is 13.2 Å². The van der Waals surface area contributed by atoms with Crippen molar-refractivity contribution in [3.05, 3.63) is 11.6 Å². The maximum absolute atomic E-state index is 8.56. The van der Waals surface area contributed by atoms with Gasteiger partial charge in [-0.2, -0.15) is 0 Å². The Balaban J connectivity index is 1.98. The molecule has 0 saturated carbocycles. The number of hydrogen-bond donors (Lipinski definition) is 2. The SMILES string of the molecule is OCCCC1=CC1CO. The second-order valence-corrected chi connectivity index (χ2v) is 2.36. The average molecular weight is 128 g/mol. The molecule has 52 valence electrons. The van der Waals surface area contributed by atoms with E-state index in [1.807, 2.05) is 0 Å². The zero-order valence-corrected chi connectivity index (χ0v) is 5.38. The summed E-state index contributed by atoms with van der Waals surface area (Å²) in [5.41, 5.74) is 1.31. The van der Waals surface area contributed by atoms with Gasteiger partial charge in [0.2, 0.25) is 0 Å². The third-order valence-corrected chi connectivity index (χ3v) is 1.60. The van der Waals surface area contributed by atoms with Crippen LogP contribution < -0.4 is 0 Å². The molecule has 0 bridgehead atoms. The second-order valence-electron chi connectivity index (χ2n) is 2.36. The third kappa shape index (κ3) is 1.80. The predicted octanol–water partition coefficient (Wildman–Crippen LogP) is 0.307. The summed E-state index contributed by atoms with van der Waals surface area (Å²) in [5, 5.41) is 17.0. The van der Waals surface area contributed by atoms with Gasteiger partial charge in [0.15, 0.2) is 0 Å². The molecule has 0 amide bonds. The van der Waals surface area contributed by atoms with Crippen LogP contribution in [0.5, 0.6) is 0 Å². The summed E-state index contributed by atoms with van der Waals surface area (Å²) in [7, 11) is 0. The minimum Gasteiger partial charge on any atom is -0.396 e. The minimum absolute atomic E-state index is 0.251. The zero-order chi connectivity index (χ0) is 6.69. The van der Waals surface area contributed by atoms with Crippen LogP contribution in [-0.4, -0.2) is 23.4 Å². The van der Waals surface area contributed by atoms with Crippen molar-refractivity contribution >= 4 is 0 Å². The fraction of sp³-hybridized carbons (Fsp3) is 0.714. The molecule has 0 heterocycles. The van der Waals surface area contributed by atoms with Crippen LogP contribution in [0.1, 0.15) is 12.8 Å². The second kappa shape index (κ2) is 2.99. The monoisotopic (exact) mass is 128 g/mol. The van der Waals surface area contributed by atoms with Crippen molar-refractivity contribution in [3.8, 4) is 0 Å². The van der Waals surface area contributed by atoms with E-state index < -0.39 is 0 Å². The van der Waals surface area contributed by atoms with Gasteiger partial charge in [-0.1, -0.05) is 11.6 Å². The average Bonchev–Trinajstić information content (AvgIpc) is 2.62.